The Morgan fingerprint density at radius 1 is 1.39 bits per heavy atom. The summed E-state index contributed by atoms with van der Waals surface area (Å²) in [6, 6.07) is 9.39. The molecular formula is C22H21FN4O3S. The summed E-state index contributed by atoms with van der Waals surface area (Å²) < 4.78 is 16.7. The van der Waals surface area contributed by atoms with Crippen LogP contribution in [0, 0.1) is 5.82 Å². The number of aromatic nitrogens is 2. The highest BCUT2D eigenvalue weighted by atomic mass is 32.2. The van der Waals surface area contributed by atoms with Crippen molar-refractivity contribution in [1.82, 2.24) is 14.9 Å². The molecule has 2 unspecified atom stereocenters. The van der Waals surface area contributed by atoms with E-state index < -0.39 is 22.8 Å². The first-order chi connectivity index (χ1) is 15.0. The number of aromatic carboxylic acids is 1. The van der Waals surface area contributed by atoms with Gasteiger partial charge in [-0.2, -0.15) is 0 Å². The molecule has 9 heteroatoms. The van der Waals surface area contributed by atoms with E-state index in [9.17, 15) is 14.7 Å². The summed E-state index contributed by atoms with van der Waals surface area (Å²) in [6.07, 6.45) is 4.22. The van der Waals surface area contributed by atoms with E-state index in [0.717, 1.165) is 29.5 Å². The summed E-state index contributed by atoms with van der Waals surface area (Å²) in [4.78, 5) is 32.0. The summed E-state index contributed by atoms with van der Waals surface area (Å²) >= 11 is 1.58. The fourth-order valence-electron chi connectivity index (χ4n) is 4.59. The van der Waals surface area contributed by atoms with Crippen LogP contribution >= 0.6 is 11.8 Å². The molecule has 2 N–H and O–H groups in total. The lowest BCUT2D eigenvalue weighted by Gasteiger charge is -2.29. The molecule has 2 aliphatic heterocycles. The number of halogens is 1. The molecule has 2 bridgehead atoms. The number of carboxylic acid groups (broad SMARTS) is 1. The maximum atomic E-state index is 15.1. The Hall–Kier alpha value is -2.91. The van der Waals surface area contributed by atoms with Crippen LogP contribution in [-0.4, -0.2) is 52.1 Å². The molecule has 160 valence electrons. The molecule has 0 saturated carbocycles. The molecule has 0 radical (unpaired) electrons. The Labute approximate surface area is 181 Å². The molecule has 0 amide bonds. The second-order valence-electron chi connectivity index (χ2n) is 7.93. The smallest absolute Gasteiger partial charge is 0.341 e. The van der Waals surface area contributed by atoms with Crippen molar-refractivity contribution in [2.24, 2.45) is 0 Å². The quantitative estimate of drug-likeness (QED) is 0.590. The number of nitrogens with zero attached hydrogens (tertiary/aromatic N) is 3. The van der Waals surface area contributed by atoms with Gasteiger partial charge in [0.05, 0.1) is 11.9 Å². The van der Waals surface area contributed by atoms with Gasteiger partial charge in [0.2, 0.25) is 5.43 Å². The second kappa shape index (κ2) is 7.65. The molecule has 4 heterocycles. The van der Waals surface area contributed by atoms with Gasteiger partial charge in [-0.15, -0.1) is 11.8 Å². The molecule has 7 nitrogen and oxygen atoms in total. The van der Waals surface area contributed by atoms with Gasteiger partial charge in [0.15, 0.2) is 11.6 Å². The van der Waals surface area contributed by atoms with Gasteiger partial charge in [0.1, 0.15) is 11.2 Å². The molecular weight excluding hydrogens is 419 g/mol. The minimum absolute atomic E-state index is 0.0229. The van der Waals surface area contributed by atoms with Crippen molar-refractivity contribution in [3.8, 4) is 0 Å². The van der Waals surface area contributed by atoms with Crippen molar-refractivity contribution < 1.29 is 14.3 Å². The van der Waals surface area contributed by atoms with E-state index in [1.165, 1.54) is 6.20 Å². The van der Waals surface area contributed by atoms with Crippen LogP contribution in [-0.2, 0) is 6.54 Å². The van der Waals surface area contributed by atoms with Crippen LogP contribution in [0.15, 0.2) is 46.2 Å². The van der Waals surface area contributed by atoms with Crippen molar-refractivity contribution in [2.75, 3.05) is 24.2 Å². The van der Waals surface area contributed by atoms with Crippen LogP contribution < -0.4 is 15.6 Å². The first-order valence-electron chi connectivity index (χ1n) is 10.0. The van der Waals surface area contributed by atoms with Crippen molar-refractivity contribution in [2.45, 2.75) is 29.9 Å². The van der Waals surface area contributed by atoms with Gasteiger partial charge < -0.3 is 19.9 Å². The zero-order valence-corrected chi connectivity index (χ0v) is 17.7. The van der Waals surface area contributed by atoms with Crippen molar-refractivity contribution >= 4 is 34.6 Å². The Kier molecular flexibility index (Phi) is 4.94. The summed E-state index contributed by atoms with van der Waals surface area (Å²) in [5.41, 5.74) is 0.137. The molecule has 1 aromatic carbocycles. The lowest BCUT2D eigenvalue weighted by molar-refractivity contribution is 0.0695. The van der Waals surface area contributed by atoms with E-state index in [2.05, 4.69) is 10.3 Å². The highest BCUT2D eigenvalue weighted by Gasteiger charge is 2.39. The monoisotopic (exact) mass is 440 g/mol. The zero-order chi connectivity index (χ0) is 21.7. The normalized spacial score (nSPS) is 20.0. The van der Waals surface area contributed by atoms with Gasteiger partial charge in [0, 0.05) is 36.3 Å². The third kappa shape index (κ3) is 3.37. The number of hydrogen-bond donors (Lipinski definition) is 2. The molecule has 2 fully saturated rings. The van der Waals surface area contributed by atoms with Gasteiger partial charge in [-0.25, -0.2) is 14.2 Å². The number of nitrogens with one attached hydrogen (secondary N) is 1. The first-order valence-corrected chi connectivity index (χ1v) is 11.3. The highest BCUT2D eigenvalue weighted by molar-refractivity contribution is 7.98. The number of carboxylic acids is 1. The lowest BCUT2D eigenvalue weighted by atomic mass is 10.1. The maximum Gasteiger partial charge on any atom is 0.341 e. The molecule has 2 aromatic heterocycles. The van der Waals surface area contributed by atoms with Crippen molar-refractivity contribution in [1.29, 1.82) is 0 Å². The Morgan fingerprint density at radius 3 is 2.87 bits per heavy atom. The largest absolute Gasteiger partial charge is 0.477 e. The number of anilines is 1. The summed E-state index contributed by atoms with van der Waals surface area (Å²) in [5.74, 6) is -1.72. The molecule has 0 aliphatic carbocycles. The van der Waals surface area contributed by atoms with E-state index >= 15 is 4.39 Å². The lowest BCUT2D eigenvalue weighted by Crippen LogP contribution is -2.44. The number of benzene rings is 1. The Balaban J connectivity index is 1.70. The van der Waals surface area contributed by atoms with Crippen LogP contribution in [0.5, 0.6) is 0 Å². The third-order valence-electron chi connectivity index (χ3n) is 6.08. The third-order valence-corrected chi connectivity index (χ3v) is 6.91. The van der Waals surface area contributed by atoms with Crippen LogP contribution in [0.3, 0.4) is 0 Å². The van der Waals surface area contributed by atoms with Gasteiger partial charge in [-0.05, 0) is 30.4 Å². The van der Waals surface area contributed by atoms with Crippen LogP contribution in [0.25, 0.3) is 11.0 Å². The summed E-state index contributed by atoms with van der Waals surface area (Å²) in [5, 5.41) is 12.9. The molecule has 0 spiro atoms. The van der Waals surface area contributed by atoms with Crippen molar-refractivity contribution in [3.05, 3.63) is 63.7 Å². The van der Waals surface area contributed by atoms with Crippen molar-refractivity contribution in [3.63, 3.8) is 0 Å². The molecule has 2 atom stereocenters. The highest BCUT2D eigenvalue weighted by Crippen LogP contribution is 2.31. The Bertz CT molecular complexity index is 1260. The van der Waals surface area contributed by atoms with Gasteiger partial charge >= 0.3 is 5.97 Å². The number of rotatable bonds is 5. The van der Waals surface area contributed by atoms with Gasteiger partial charge in [-0.1, -0.05) is 18.2 Å². The fourth-order valence-corrected chi connectivity index (χ4v) is 5.20. The van der Waals surface area contributed by atoms with Crippen LogP contribution in [0.4, 0.5) is 10.2 Å². The van der Waals surface area contributed by atoms with E-state index in [1.807, 2.05) is 35.4 Å². The average molecular weight is 441 g/mol. The number of piperazine rings is 1. The number of carbonyl (C=O) groups is 1. The van der Waals surface area contributed by atoms with E-state index in [0.29, 0.717) is 19.1 Å². The summed E-state index contributed by atoms with van der Waals surface area (Å²) in [7, 11) is 0. The summed E-state index contributed by atoms with van der Waals surface area (Å²) in [6.45, 7) is 1.75. The second-order valence-corrected chi connectivity index (χ2v) is 8.78. The SMILES string of the molecule is CSc1ccccc1Cn1cc(C(=O)O)c(=O)c2cc(F)c(N3CC4CC3CN4)nc21. The number of fused-ring (bicyclic) bond motifs is 3. The zero-order valence-electron chi connectivity index (χ0n) is 16.8. The fraction of sp³-hybridized carbons (Fsp3) is 0.318. The predicted octanol–water partition coefficient (Wildman–Crippen LogP) is 2.55. The average Bonchev–Trinajstić information content (AvgIpc) is 3.39. The molecule has 2 aliphatic rings. The predicted molar refractivity (Wildman–Crippen MR) is 118 cm³/mol. The number of pyridine rings is 2. The van der Waals surface area contributed by atoms with Crippen LogP contribution in [0.1, 0.15) is 22.3 Å². The van der Waals surface area contributed by atoms with E-state index in [1.54, 1.807) is 16.3 Å². The first kappa shape index (κ1) is 20.0. The minimum atomic E-state index is -1.34. The number of thioether (sulfide) groups is 1. The topological polar surface area (TPSA) is 87.5 Å². The molecule has 31 heavy (non-hydrogen) atoms. The van der Waals surface area contributed by atoms with E-state index in [4.69, 9.17) is 0 Å². The maximum absolute atomic E-state index is 15.1. The molecule has 2 saturated heterocycles. The van der Waals surface area contributed by atoms with Gasteiger partial charge in [0.25, 0.3) is 0 Å². The molecule has 5 rings (SSSR count). The van der Waals surface area contributed by atoms with Crippen LogP contribution in [0.2, 0.25) is 0 Å². The standard InChI is InChI=1S/C22H21FN4O3S/c1-31-18-5-3-2-4-12(18)9-26-11-16(22(29)30)19(28)15-7-17(23)21(25-20(15)26)27-10-13-6-14(27)8-24-13/h2-5,7,11,13-14,24H,6,8-10H2,1H3,(H,29,30). The number of hydrogen-bond acceptors (Lipinski definition) is 6. The minimum Gasteiger partial charge on any atom is -0.477 e. The molecule has 3 aromatic rings. The van der Waals surface area contributed by atoms with Gasteiger partial charge in [-0.3, -0.25) is 4.79 Å². The van der Waals surface area contributed by atoms with E-state index in [-0.39, 0.29) is 22.9 Å². The Morgan fingerprint density at radius 2 is 2.19 bits per heavy atom.